The SMILES string of the molecule is COc1cccc(Nc2nc(SC)ncc2C=O)c1. The second-order valence-electron chi connectivity index (χ2n) is 3.64. The molecule has 1 N–H and O–H groups in total. The summed E-state index contributed by atoms with van der Waals surface area (Å²) < 4.78 is 5.15. The van der Waals surface area contributed by atoms with Gasteiger partial charge in [-0.15, -0.1) is 0 Å². The number of carbonyl (C=O) groups is 1. The molecule has 6 heteroatoms. The lowest BCUT2D eigenvalue weighted by Gasteiger charge is -2.09. The third-order valence-corrected chi connectivity index (χ3v) is 3.00. The first kappa shape index (κ1) is 13.4. The van der Waals surface area contributed by atoms with Crippen molar-refractivity contribution < 1.29 is 9.53 Å². The van der Waals surface area contributed by atoms with Crippen molar-refractivity contribution in [2.45, 2.75) is 5.16 Å². The number of methoxy groups -OCH3 is 1. The first-order valence-electron chi connectivity index (χ1n) is 5.54. The van der Waals surface area contributed by atoms with Crippen molar-refractivity contribution in [1.82, 2.24) is 9.97 Å². The smallest absolute Gasteiger partial charge is 0.189 e. The average Bonchev–Trinajstić information content (AvgIpc) is 2.47. The summed E-state index contributed by atoms with van der Waals surface area (Å²) in [7, 11) is 1.60. The van der Waals surface area contributed by atoms with Gasteiger partial charge in [0.05, 0.1) is 12.7 Å². The highest BCUT2D eigenvalue weighted by Gasteiger charge is 2.07. The second kappa shape index (κ2) is 6.19. The monoisotopic (exact) mass is 275 g/mol. The number of nitrogens with one attached hydrogen (secondary N) is 1. The summed E-state index contributed by atoms with van der Waals surface area (Å²) in [6, 6.07) is 7.41. The molecule has 0 spiro atoms. The third-order valence-electron chi connectivity index (χ3n) is 2.44. The van der Waals surface area contributed by atoms with Crippen molar-refractivity contribution in [1.29, 1.82) is 0 Å². The van der Waals surface area contributed by atoms with Crippen LogP contribution in [0.1, 0.15) is 10.4 Å². The molecule has 19 heavy (non-hydrogen) atoms. The Morgan fingerprint density at radius 2 is 2.26 bits per heavy atom. The Bertz CT molecular complexity index is 590. The molecule has 0 amide bonds. The van der Waals surface area contributed by atoms with Gasteiger partial charge < -0.3 is 10.1 Å². The summed E-state index contributed by atoms with van der Waals surface area (Å²) in [5.74, 6) is 1.22. The van der Waals surface area contributed by atoms with Crippen molar-refractivity contribution >= 4 is 29.6 Å². The van der Waals surface area contributed by atoms with Crippen molar-refractivity contribution in [3.8, 4) is 5.75 Å². The maximum atomic E-state index is 11.0. The quantitative estimate of drug-likeness (QED) is 0.514. The number of nitrogens with zero attached hydrogens (tertiary/aromatic N) is 2. The third kappa shape index (κ3) is 3.23. The maximum Gasteiger partial charge on any atom is 0.189 e. The number of hydrogen-bond donors (Lipinski definition) is 1. The van der Waals surface area contributed by atoms with Gasteiger partial charge in [0, 0.05) is 18.0 Å². The van der Waals surface area contributed by atoms with E-state index in [-0.39, 0.29) is 0 Å². The van der Waals surface area contributed by atoms with Crippen LogP contribution in [0.4, 0.5) is 11.5 Å². The molecule has 98 valence electrons. The van der Waals surface area contributed by atoms with Gasteiger partial charge in [-0.1, -0.05) is 17.8 Å². The van der Waals surface area contributed by atoms with Gasteiger partial charge in [0.15, 0.2) is 11.4 Å². The Hall–Kier alpha value is -2.08. The summed E-state index contributed by atoms with van der Waals surface area (Å²) in [6.45, 7) is 0. The molecule has 1 aromatic carbocycles. The van der Waals surface area contributed by atoms with Crippen LogP contribution >= 0.6 is 11.8 Å². The predicted molar refractivity (Wildman–Crippen MR) is 75.5 cm³/mol. The average molecular weight is 275 g/mol. The molecule has 1 heterocycles. The van der Waals surface area contributed by atoms with E-state index in [4.69, 9.17) is 4.74 Å². The number of thioether (sulfide) groups is 1. The number of benzene rings is 1. The molecule has 0 radical (unpaired) electrons. The number of aldehydes is 1. The molecule has 0 bridgehead atoms. The minimum atomic E-state index is 0.417. The van der Waals surface area contributed by atoms with Crippen LogP contribution in [0.2, 0.25) is 0 Å². The Morgan fingerprint density at radius 3 is 2.95 bits per heavy atom. The van der Waals surface area contributed by atoms with Gasteiger partial charge in [0.2, 0.25) is 0 Å². The molecule has 0 fully saturated rings. The minimum absolute atomic E-state index is 0.417. The number of hydrogen-bond acceptors (Lipinski definition) is 6. The lowest BCUT2D eigenvalue weighted by atomic mass is 10.2. The molecular weight excluding hydrogens is 262 g/mol. The van der Waals surface area contributed by atoms with Crippen LogP contribution in [0.5, 0.6) is 5.75 Å². The summed E-state index contributed by atoms with van der Waals surface area (Å²) in [4.78, 5) is 19.3. The van der Waals surface area contributed by atoms with Crippen molar-refractivity contribution in [2.24, 2.45) is 0 Å². The highest BCUT2D eigenvalue weighted by Crippen LogP contribution is 2.23. The molecule has 2 aromatic rings. The summed E-state index contributed by atoms with van der Waals surface area (Å²) in [5.41, 5.74) is 1.22. The van der Waals surface area contributed by atoms with Gasteiger partial charge in [0.1, 0.15) is 11.6 Å². The van der Waals surface area contributed by atoms with E-state index < -0.39 is 0 Å². The second-order valence-corrected chi connectivity index (χ2v) is 4.41. The van der Waals surface area contributed by atoms with E-state index in [1.165, 1.54) is 18.0 Å². The summed E-state index contributed by atoms with van der Waals surface area (Å²) >= 11 is 1.42. The summed E-state index contributed by atoms with van der Waals surface area (Å²) in [6.07, 6.45) is 4.12. The fraction of sp³-hybridized carbons (Fsp3) is 0.154. The summed E-state index contributed by atoms with van der Waals surface area (Å²) in [5, 5.41) is 3.70. The largest absolute Gasteiger partial charge is 0.497 e. The molecule has 0 aliphatic rings. The number of aromatic nitrogens is 2. The molecule has 0 atom stereocenters. The van der Waals surface area contributed by atoms with Crippen molar-refractivity contribution in [2.75, 3.05) is 18.7 Å². The molecule has 0 saturated carbocycles. The van der Waals surface area contributed by atoms with Crippen LogP contribution in [-0.2, 0) is 0 Å². The lowest BCUT2D eigenvalue weighted by molar-refractivity contribution is 0.112. The van der Waals surface area contributed by atoms with E-state index in [2.05, 4.69) is 15.3 Å². The first-order chi connectivity index (χ1) is 9.26. The van der Waals surface area contributed by atoms with Gasteiger partial charge in [-0.2, -0.15) is 0 Å². The van der Waals surface area contributed by atoms with Crippen molar-refractivity contribution in [3.63, 3.8) is 0 Å². The van der Waals surface area contributed by atoms with Crippen LogP contribution in [0.3, 0.4) is 0 Å². The highest BCUT2D eigenvalue weighted by atomic mass is 32.2. The predicted octanol–water partition coefficient (Wildman–Crippen LogP) is 2.76. The molecule has 0 aliphatic carbocycles. The van der Waals surface area contributed by atoms with E-state index in [9.17, 15) is 4.79 Å². The molecule has 5 nitrogen and oxygen atoms in total. The Labute approximate surface area is 115 Å². The normalized spacial score (nSPS) is 10.0. The van der Waals surface area contributed by atoms with E-state index in [0.717, 1.165) is 17.7 Å². The first-order valence-corrected chi connectivity index (χ1v) is 6.76. The van der Waals surface area contributed by atoms with E-state index in [1.807, 2.05) is 30.5 Å². The van der Waals surface area contributed by atoms with Gasteiger partial charge in [-0.25, -0.2) is 9.97 Å². The van der Waals surface area contributed by atoms with E-state index in [1.54, 1.807) is 7.11 Å². The van der Waals surface area contributed by atoms with Crippen LogP contribution in [0, 0.1) is 0 Å². The number of carbonyl (C=O) groups excluding carboxylic acids is 1. The minimum Gasteiger partial charge on any atom is -0.497 e. The maximum absolute atomic E-state index is 11.0. The molecule has 0 aliphatic heterocycles. The van der Waals surface area contributed by atoms with Crippen LogP contribution in [-0.4, -0.2) is 29.6 Å². The molecule has 0 unspecified atom stereocenters. The number of anilines is 2. The standard InChI is InChI=1S/C13H13N3O2S/c1-18-11-5-3-4-10(6-11)15-12-9(8-17)7-14-13(16-12)19-2/h3-8H,1-2H3,(H,14,15,16). The molecule has 2 rings (SSSR count). The number of rotatable bonds is 5. The highest BCUT2D eigenvalue weighted by molar-refractivity contribution is 7.98. The van der Waals surface area contributed by atoms with Gasteiger partial charge >= 0.3 is 0 Å². The fourth-order valence-corrected chi connectivity index (χ4v) is 1.84. The van der Waals surface area contributed by atoms with Gasteiger partial charge in [0.25, 0.3) is 0 Å². The van der Waals surface area contributed by atoms with E-state index >= 15 is 0 Å². The van der Waals surface area contributed by atoms with Crippen LogP contribution in [0.25, 0.3) is 0 Å². The fourth-order valence-electron chi connectivity index (χ4n) is 1.50. The molecular formula is C13H13N3O2S. The van der Waals surface area contributed by atoms with Crippen LogP contribution < -0.4 is 10.1 Å². The van der Waals surface area contributed by atoms with Crippen molar-refractivity contribution in [3.05, 3.63) is 36.0 Å². The topological polar surface area (TPSA) is 64.1 Å². The Kier molecular flexibility index (Phi) is 4.35. The molecule has 1 aromatic heterocycles. The van der Waals surface area contributed by atoms with Gasteiger partial charge in [-0.3, -0.25) is 4.79 Å². The molecule has 0 saturated heterocycles. The zero-order valence-electron chi connectivity index (χ0n) is 10.6. The van der Waals surface area contributed by atoms with Gasteiger partial charge in [-0.05, 0) is 18.4 Å². The van der Waals surface area contributed by atoms with Crippen LogP contribution in [0.15, 0.2) is 35.6 Å². The van der Waals surface area contributed by atoms with E-state index in [0.29, 0.717) is 16.5 Å². The zero-order chi connectivity index (χ0) is 13.7. The lowest BCUT2D eigenvalue weighted by Crippen LogP contribution is -2.01. The number of ether oxygens (including phenoxy) is 1. The zero-order valence-corrected chi connectivity index (χ0v) is 11.4. The Morgan fingerprint density at radius 1 is 1.42 bits per heavy atom. The Balaban J connectivity index is 2.33.